The van der Waals surface area contributed by atoms with Crippen LogP contribution in [0.3, 0.4) is 0 Å². The third kappa shape index (κ3) is 3.98. The molecule has 0 bridgehead atoms. The highest BCUT2D eigenvalue weighted by atomic mass is 14.2. The average Bonchev–Trinajstić information content (AvgIpc) is 2.69. The number of unbranched alkanes of at least 4 members (excludes halogenated alkanes) is 2. The first-order valence-corrected chi connectivity index (χ1v) is 9.01. The zero-order valence-electron chi connectivity index (χ0n) is 14.7. The van der Waals surface area contributed by atoms with E-state index in [2.05, 4.69) is 73.7 Å². The number of hydrogen-bond donors (Lipinski definition) is 0. The van der Waals surface area contributed by atoms with E-state index in [4.69, 9.17) is 5.26 Å². The SMILES string of the molecule is CCCCCc1cccc(-c2ccc(C#N)cc2)c1-c1ccccc1. The number of aryl methyl sites for hydroxylation is 1. The van der Waals surface area contributed by atoms with Crippen molar-refractivity contribution in [3.05, 3.63) is 83.9 Å². The molecule has 0 aliphatic rings. The summed E-state index contributed by atoms with van der Waals surface area (Å²) >= 11 is 0. The van der Waals surface area contributed by atoms with Crippen molar-refractivity contribution >= 4 is 0 Å². The molecular weight excluding hydrogens is 302 g/mol. The van der Waals surface area contributed by atoms with Crippen molar-refractivity contribution in [3.63, 3.8) is 0 Å². The molecule has 3 rings (SSSR count). The Hall–Kier alpha value is -2.85. The van der Waals surface area contributed by atoms with E-state index in [1.165, 1.54) is 41.5 Å². The number of rotatable bonds is 6. The molecule has 1 heteroatoms. The fraction of sp³-hybridized carbons (Fsp3) is 0.208. The third-order valence-electron chi connectivity index (χ3n) is 4.59. The van der Waals surface area contributed by atoms with Crippen LogP contribution in [0.5, 0.6) is 0 Å². The summed E-state index contributed by atoms with van der Waals surface area (Å²) in [7, 11) is 0. The second-order valence-corrected chi connectivity index (χ2v) is 6.35. The van der Waals surface area contributed by atoms with Gasteiger partial charge in [0.15, 0.2) is 0 Å². The van der Waals surface area contributed by atoms with Gasteiger partial charge in [0.2, 0.25) is 0 Å². The molecule has 3 aromatic rings. The first-order valence-electron chi connectivity index (χ1n) is 9.01. The molecule has 0 aromatic heterocycles. The smallest absolute Gasteiger partial charge is 0.0991 e. The van der Waals surface area contributed by atoms with Crippen LogP contribution < -0.4 is 0 Å². The van der Waals surface area contributed by atoms with Crippen LogP contribution in [0.1, 0.15) is 37.3 Å². The van der Waals surface area contributed by atoms with Crippen molar-refractivity contribution in [2.24, 2.45) is 0 Å². The molecule has 0 aliphatic carbocycles. The van der Waals surface area contributed by atoms with Gasteiger partial charge >= 0.3 is 0 Å². The summed E-state index contributed by atoms with van der Waals surface area (Å²) < 4.78 is 0. The lowest BCUT2D eigenvalue weighted by molar-refractivity contribution is 0.718. The molecule has 0 spiro atoms. The minimum Gasteiger partial charge on any atom is -0.192 e. The minimum atomic E-state index is 0.698. The predicted octanol–water partition coefficient (Wildman–Crippen LogP) is 6.62. The predicted molar refractivity (Wildman–Crippen MR) is 105 cm³/mol. The standard InChI is InChI=1S/C24H23N/c1-2-3-5-9-22-12-8-13-23(20-16-14-19(18-25)15-17-20)24(22)21-10-6-4-7-11-21/h4,6-8,10-17H,2-3,5,9H2,1H3. The zero-order chi connectivity index (χ0) is 17.5. The fourth-order valence-corrected chi connectivity index (χ4v) is 3.28. The lowest BCUT2D eigenvalue weighted by Crippen LogP contribution is -1.94. The Balaban J connectivity index is 2.10. The Labute approximate surface area is 150 Å². The van der Waals surface area contributed by atoms with Crippen molar-refractivity contribution in [3.8, 4) is 28.3 Å². The molecule has 0 N–H and O–H groups in total. The van der Waals surface area contributed by atoms with E-state index < -0.39 is 0 Å². The Bertz CT molecular complexity index is 855. The quantitative estimate of drug-likeness (QED) is 0.467. The van der Waals surface area contributed by atoms with Gasteiger partial charge in [0.05, 0.1) is 11.6 Å². The summed E-state index contributed by atoms with van der Waals surface area (Å²) in [6.45, 7) is 2.24. The van der Waals surface area contributed by atoms with Crippen molar-refractivity contribution in [2.45, 2.75) is 32.6 Å². The van der Waals surface area contributed by atoms with Crippen molar-refractivity contribution in [1.29, 1.82) is 5.26 Å². The van der Waals surface area contributed by atoms with Gasteiger partial charge in [-0.05, 0) is 52.8 Å². The summed E-state index contributed by atoms with van der Waals surface area (Å²) in [4.78, 5) is 0. The van der Waals surface area contributed by atoms with Gasteiger partial charge in [0.1, 0.15) is 0 Å². The first kappa shape index (κ1) is 17.0. The van der Waals surface area contributed by atoms with Crippen LogP contribution >= 0.6 is 0 Å². The highest BCUT2D eigenvalue weighted by Crippen LogP contribution is 2.35. The summed E-state index contributed by atoms with van der Waals surface area (Å²) in [6.07, 6.45) is 4.81. The summed E-state index contributed by atoms with van der Waals surface area (Å²) in [5, 5.41) is 9.05. The van der Waals surface area contributed by atoms with E-state index in [0.29, 0.717) is 5.56 Å². The van der Waals surface area contributed by atoms with Crippen molar-refractivity contribution in [1.82, 2.24) is 0 Å². The maximum atomic E-state index is 9.05. The topological polar surface area (TPSA) is 23.8 Å². The van der Waals surface area contributed by atoms with Gasteiger partial charge in [0.25, 0.3) is 0 Å². The van der Waals surface area contributed by atoms with E-state index in [1.807, 2.05) is 12.1 Å². The molecule has 0 saturated carbocycles. The molecule has 1 nitrogen and oxygen atoms in total. The Morgan fingerprint density at radius 2 is 1.52 bits per heavy atom. The number of hydrogen-bond acceptors (Lipinski definition) is 1. The van der Waals surface area contributed by atoms with Gasteiger partial charge in [-0.1, -0.05) is 80.4 Å². The van der Waals surface area contributed by atoms with Gasteiger partial charge in [-0.3, -0.25) is 0 Å². The van der Waals surface area contributed by atoms with Crippen LogP contribution in [0.15, 0.2) is 72.8 Å². The van der Waals surface area contributed by atoms with Crippen molar-refractivity contribution in [2.75, 3.05) is 0 Å². The second-order valence-electron chi connectivity index (χ2n) is 6.35. The van der Waals surface area contributed by atoms with E-state index >= 15 is 0 Å². The molecule has 0 fully saturated rings. The largest absolute Gasteiger partial charge is 0.192 e. The number of nitriles is 1. The molecule has 0 radical (unpaired) electrons. The lowest BCUT2D eigenvalue weighted by atomic mass is 9.88. The Morgan fingerprint density at radius 3 is 2.20 bits per heavy atom. The highest BCUT2D eigenvalue weighted by Gasteiger charge is 2.12. The molecule has 0 unspecified atom stereocenters. The molecule has 0 aliphatic heterocycles. The molecule has 0 atom stereocenters. The summed E-state index contributed by atoms with van der Waals surface area (Å²) in [5.74, 6) is 0. The third-order valence-corrected chi connectivity index (χ3v) is 4.59. The Morgan fingerprint density at radius 1 is 0.760 bits per heavy atom. The van der Waals surface area contributed by atoms with E-state index in [1.54, 1.807) is 0 Å². The Kier molecular flexibility index (Phi) is 5.65. The lowest BCUT2D eigenvalue weighted by Gasteiger charge is -2.16. The zero-order valence-corrected chi connectivity index (χ0v) is 14.7. The van der Waals surface area contributed by atoms with Gasteiger partial charge in [0, 0.05) is 0 Å². The summed E-state index contributed by atoms with van der Waals surface area (Å²) in [5.41, 5.74) is 7.09. The van der Waals surface area contributed by atoms with Crippen LogP contribution in [0.2, 0.25) is 0 Å². The highest BCUT2D eigenvalue weighted by molar-refractivity contribution is 5.85. The van der Waals surface area contributed by atoms with Crippen molar-refractivity contribution < 1.29 is 0 Å². The van der Waals surface area contributed by atoms with Crippen LogP contribution in [0.4, 0.5) is 0 Å². The number of benzene rings is 3. The number of nitrogens with zero attached hydrogens (tertiary/aromatic N) is 1. The van der Waals surface area contributed by atoms with Crippen LogP contribution in [0.25, 0.3) is 22.3 Å². The molecule has 0 heterocycles. The van der Waals surface area contributed by atoms with Crippen LogP contribution in [0, 0.1) is 11.3 Å². The average molecular weight is 325 g/mol. The van der Waals surface area contributed by atoms with E-state index in [0.717, 1.165) is 12.0 Å². The molecular formula is C24H23N. The van der Waals surface area contributed by atoms with Crippen LogP contribution in [-0.4, -0.2) is 0 Å². The second kappa shape index (κ2) is 8.31. The molecule has 0 amide bonds. The maximum absolute atomic E-state index is 9.05. The maximum Gasteiger partial charge on any atom is 0.0991 e. The molecule has 0 saturated heterocycles. The normalized spacial score (nSPS) is 10.4. The molecule has 124 valence electrons. The monoisotopic (exact) mass is 325 g/mol. The van der Waals surface area contributed by atoms with E-state index in [-0.39, 0.29) is 0 Å². The van der Waals surface area contributed by atoms with Gasteiger partial charge in [-0.25, -0.2) is 0 Å². The first-order chi connectivity index (χ1) is 12.3. The molecule has 25 heavy (non-hydrogen) atoms. The van der Waals surface area contributed by atoms with Crippen LogP contribution in [-0.2, 0) is 6.42 Å². The van der Waals surface area contributed by atoms with Gasteiger partial charge in [-0.2, -0.15) is 5.26 Å². The van der Waals surface area contributed by atoms with E-state index in [9.17, 15) is 0 Å². The minimum absolute atomic E-state index is 0.698. The van der Waals surface area contributed by atoms with Gasteiger partial charge in [-0.15, -0.1) is 0 Å². The fourth-order valence-electron chi connectivity index (χ4n) is 3.28. The van der Waals surface area contributed by atoms with Gasteiger partial charge < -0.3 is 0 Å². The molecule has 3 aromatic carbocycles. The summed E-state index contributed by atoms with van der Waals surface area (Å²) in [6, 6.07) is 27.3.